The van der Waals surface area contributed by atoms with Crippen LogP contribution in [0, 0.1) is 5.82 Å². The highest BCUT2D eigenvalue weighted by Gasteiger charge is 2.01. The van der Waals surface area contributed by atoms with Crippen molar-refractivity contribution in [1.29, 1.82) is 0 Å². The molecule has 2 aromatic carbocycles. The van der Waals surface area contributed by atoms with Gasteiger partial charge in [0.2, 0.25) is 0 Å². The third-order valence-corrected chi connectivity index (χ3v) is 2.87. The summed E-state index contributed by atoms with van der Waals surface area (Å²) in [6, 6.07) is 13.3. The molecule has 0 atom stereocenters. The SMILES string of the molecule is CCc1cccc(Cc2ccc(F)c(N)c2)c1. The summed E-state index contributed by atoms with van der Waals surface area (Å²) in [5, 5.41) is 0. The fraction of sp³-hybridized carbons (Fsp3) is 0.200. The van der Waals surface area contributed by atoms with E-state index in [9.17, 15) is 4.39 Å². The van der Waals surface area contributed by atoms with Crippen LogP contribution in [0.25, 0.3) is 0 Å². The van der Waals surface area contributed by atoms with Crippen molar-refractivity contribution in [2.45, 2.75) is 19.8 Å². The fourth-order valence-corrected chi connectivity index (χ4v) is 1.90. The third kappa shape index (κ3) is 2.84. The lowest BCUT2D eigenvalue weighted by atomic mass is 10.0. The second-order valence-corrected chi connectivity index (χ2v) is 4.21. The Morgan fingerprint density at radius 2 is 1.71 bits per heavy atom. The number of hydrogen-bond donors (Lipinski definition) is 1. The maximum absolute atomic E-state index is 13.0. The Kier molecular flexibility index (Phi) is 3.43. The number of nitrogen functional groups attached to an aromatic ring is 1. The minimum atomic E-state index is -0.351. The van der Waals surface area contributed by atoms with Crippen LogP contribution in [0.2, 0.25) is 0 Å². The quantitative estimate of drug-likeness (QED) is 0.800. The molecular formula is C15H16FN. The van der Waals surface area contributed by atoms with Crippen LogP contribution in [0.4, 0.5) is 10.1 Å². The van der Waals surface area contributed by atoms with Crippen LogP contribution in [0.15, 0.2) is 42.5 Å². The van der Waals surface area contributed by atoms with Crippen molar-refractivity contribution < 1.29 is 4.39 Å². The Morgan fingerprint density at radius 1 is 1.00 bits per heavy atom. The molecule has 0 aromatic heterocycles. The topological polar surface area (TPSA) is 26.0 Å². The zero-order chi connectivity index (χ0) is 12.3. The lowest BCUT2D eigenvalue weighted by Gasteiger charge is -2.05. The molecule has 0 aliphatic rings. The first-order valence-corrected chi connectivity index (χ1v) is 5.80. The highest BCUT2D eigenvalue weighted by atomic mass is 19.1. The average Bonchev–Trinajstić information content (AvgIpc) is 2.34. The Labute approximate surface area is 101 Å². The van der Waals surface area contributed by atoms with Gasteiger partial charge in [-0.05, 0) is 41.7 Å². The van der Waals surface area contributed by atoms with E-state index in [4.69, 9.17) is 5.73 Å². The zero-order valence-corrected chi connectivity index (χ0v) is 9.91. The van der Waals surface area contributed by atoms with Crippen LogP contribution in [0.5, 0.6) is 0 Å². The Morgan fingerprint density at radius 3 is 2.41 bits per heavy atom. The third-order valence-electron chi connectivity index (χ3n) is 2.87. The van der Waals surface area contributed by atoms with E-state index in [1.165, 1.54) is 17.2 Å². The molecule has 0 heterocycles. The van der Waals surface area contributed by atoms with Crippen molar-refractivity contribution in [2.24, 2.45) is 0 Å². The van der Waals surface area contributed by atoms with Gasteiger partial charge >= 0.3 is 0 Å². The molecule has 0 aliphatic heterocycles. The number of rotatable bonds is 3. The van der Waals surface area contributed by atoms with Crippen molar-refractivity contribution in [1.82, 2.24) is 0 Å². The van der Waals surface area contributed by atoms with Gasteiger partial charge in [0.15, 0.2) is 0 Å². The summed E-state index contributed by atoms with van der Waals surface area (Å²) in [5.41, 5.74) is 9.36. The standard InChI is InChI=1S/C15H16FN/c1-2-11-4-3-5-12(8-11)9-13-6-7-14(16)15(17)10-13/h3-8,10H,2,9,17H2,1H3. The highest BCUT2D eigenvalue weighted by Crippen LogP contribution is 2.16. The van der Waals surface area contributed by atoms with Gasteiger partial charge in [0.25, 0.3) is 0 Å². The van der Waals surface area contributed by atoms with Gasteiger partial charge in [0.1, 0.15) is 5.82 Å². The van der Waals surface area contributed by atoms with Crippen LogP contribution in [-0.4, -0.2) is 0 Å². The molecular weight excluding hydrogens is 213 g/mol. The first-order chi connectivity index (χ1) is 8.19. The van der Waals surface area contributed by atoms with Crippen LogP contribution in [0.3, 0.4) is 0 Å². The van der Waals surface area contributed by atoms with Gasteiger partial charge in [-0.25, -0.2) is 4.39 Å². The lowest BCUT2D eigenvalue weighted by molar-refractivity contribution is 0.632. The van der Waals surface area contributed by atoms with E-state index in [1.54, 1.807) is 12.1 Å². The summed E-state index contributed by atoms with van der Waals surface area (Å²) in [7, 11) is 0. The summed E-state index contributed by atoms with van der Waals surface area (Å²) in [6.07, 6.45) is 1.82. The summed E-state index contributed by atoms with van der Waals surface area (Å²) < 4.78 is 13.0. The van der Waals surface area contributed by atoms with E-state index in [0.717, 1.165) is 18.4 Å². The minimum Gasteiger partial charge on any atom is -0.396 e. The molecule has 0 aliphatic carbocycles. The van der Waals surface area contributed by atoms with Crippen LogP contribution in [0.1, 0.15) is 23.6 Å². The molecule has 2 heteroatoms. The van der Waals surface area contributed by atoms with Crippen molar-refractivity contribution in [2.75, 3.05) is 5.73 Å². The Balaban J connectivity index is 2.22. The molecule has 0 bridgehead atoms. The van der Waals surface area contributed by atoms with Gasteiger partial charge in [-0.1, -0.05) is 37.3 Å². The van der Waals surface area contributed by atoms with Crippen LogP contribution < -0.4 is 5.73 Å². The fourth-order valence-electron chi connectivity index (χ4n) is 1.90. The van der Waals surface area contributed by atoms with E-state index >= 15 is 0 Å². The van der Waals surface area contributed by atoms with Gasteiger partial charge in [-0.15, -0.1) is 0 Å². The largest absolute Gasteiger partial charge is 0.396 e. The predicted octanol–water partition coefficient (Wildman–Crippen LogP) is 3.56. The molecule has 0 saturated heterocycles. The van der Waals surface area contributed by atoms with Gasteiger partial charge in [-0.3, -0.25) is 0 Å². The highest BCUT2D eigenvalue weighted by molar-refractivity contribution is 5.44. The van der Waals surface area contributed by atoms with Gasteiger partial charge < -0.3 is 5.73 Å². The Hall–Kier alpha value is -1.83. The molecule has 2 N–H and O–H groups in total. The Bertz CT molecular complexity index is 520. The smallest absolute Gasteiger partial charge is 0.146 e. The molecule has 2 rings (SSSR count). The summed E-state index contributed by atoms with van der Waals surface area (Å²) in [5.74, 6) is -0.351. The van der Waals surface area contributed by atoms with Crippen LogP contribution >= 0.6 is 0 Å². The minimum absolute atomic E-state index is 0.217. The van der Waals surface area contributed by atoms with E-state index in [2.05, 4.69) is 31.2 Å². The molecule has 17 heavy (non-hydrogen) atoms. The molecule has 0 saturated carbocycles. The second kappa shape index (κ2) is 5.00. The first-order valence-electron chi connectivity index (χ1n) is 5.80. The van der Waals surface area contributed by atoms with Crippen molar-refractivity contribution >= 4 is 5.69 Å². The van der Waals surface area contributed by atoms with Crippen LogP contribution in [-0.2, 0) is 12.8 Å². The maximum Gasteiger partial charge on any atom is 0.146 e. The molecule has 0 fully saturated rings. The number of anilines is 1. The monoisotopic (exact) mass is 229 g/mol. The number of nitrogens with two attached hydrogens (primary N) is 1. The predicted molar refractivity (Wildman–Crippen MR) is 69.4 cm³/mol. The molecule has 0 radical (unpaired) electrons. The molecule has 0 unspecified atom stereocenters. The van der Waals surface area contributed by atoms with E-state index in [1.807, 2.05) is 0 Å². The molecule has 0 amide bonds. The normalized spacial score (nSPS) is 10.5. The number of benzene rings is 2. The van der Waals surface area contributed by atoms with Crippen molar-refractivity contribution in [3.8, 4) is 0 Å². The summed E-state index contributed by atoms with van der Waals surface area (Å²) >= 11 is 0. The van der Waals surface area contributed by atoms with E-state index in [-0.39, 0.29) is 11.5 Å². The van der Waals surface area contributed by atoms with Gasteiger partial charge in [0, 0.05) is 0 Å². The number of halogens is 1. The average molecular weight is 229 g/mol. The lowest BCUT2D eigenvalue weighted by Crippen LogP contribution is -1.95. The van der Waals surface area contributed by atoms with Gasteiger partial charge in [-0.2, -0.15) is 0 Å². The maximum atomic E-state index is 13.0. The molecule has 88 valence electrons. The van der Waals surface area contributed by atoms with E-state index in [0.29, 0.717) is 0 Å². The summed E-state index contributed by atoms with van der Waals surface area (Å²) in [6.45, 7) is 2.13. The summed E-state index contributed by atoms with van der Waals surface area (Å²) in [4.78, 5) is 0. The first kappa shape index (κ1) is 11.6. The van der Waals surface area contributed by atoms with Crippen molar-refractivity contribution in [3.63, 3.8) is 0 Å². The molecule has 1 nitrogen and oxygen atoms in total. The van der Waals surface area contributed by atoms with Crippen molar-refractivity contribution in [3.05, 3.63) is 65.0 Å². The zero-order valence-electron chi connectivity index (χ0n) is 9.91. The van der Waals surface area contributed by atoms with E-state index < -0.39 is 0 Å². The second-order valence-electron chi connectivity index (χ2n) is 4.21. The van der Waals surface area contributed by atoms with Gasteiger partial charge in [0.05, 0.1) is 5.69 Å². The molecule has 2 aromatic rings. The number of hydrogen-bond acceptors (Lipinski definition) is 1. The number of aryl methyl sites for hydroxylation is 1. The molecule has 0 spiro atoms.